The number of rotatable bonds is 13. The summed E-state index contributed by atoms with van der Waals surface area (Å²) in [5.74, 6) is 0.360. The number of aromatic nitrogens is 2. The van der Waals surface area contributed by atoms with Gasteiger partial charge in [-0.15, -0.1) is 12.4 Å². The monoisotopic (exact) mass is 721 g/mol. The van der Waals surface area contributed by atoms with Crippen LogP contribution in [0.15, 0.2) is 42.5 Å². The second-order valence-corrected chi connectivity index (χ2v) is 15.1. The number of methoxy groups -OCH3 is 2. The van der Waals surface area contributed by atoms with Crippen LogP contribution < -0.4 is 14.8 Å². The smallest absolute Gasteiger partial charge is 0.330 e. The van der Waals surface area contributed by atoms with Crippen molar-refractivity contribution in [2.45, 2.75) is 63.8 Å². The minimum absolute atomic E-state index is 0. The molecule has 0 radical (unpaired) electrons. The molecule has 12 heteroatoms. The molecule has 2 aromatic carbocycles. The molecule has 4 saturated carbocycles. The highest BCUT2D eigenvalue weighted by Gasteiger charge is 2.62. The van der Waals surface area contributed by atoms with E-state index in [1.807, 2.05) is 51.5 Å². The quantitative estimate of drug-likeness (QED) is 0.216. The van der Waals surface area contributed by atoms with E-state index in [0.717, 1.165) is 44.2 Å². The zero-order valence-electron chi connectivity index (χ0n) is 30.8. The number of benzene rings is 2. The molecule has 0 spiro atoms. The normalized spacial score (nSPS) is 23.2. The number of carbonyl (C=O) groups is 3. The van der Waals surface area contributed by atoms with E-state index < -0.39 is 17.4 Å². The van der Waals surface area contributed by atoms with Gasteiger partial charge in [-0.1, -0.05) is 19.9 Å². The van der Waals surface area contributed by atoms with E-state index in [0.29, 0.717) is 52.4 Å². The van der Waals surface area contributed by atoms with Gasteiger partial charge in [0.1, 0.15) is 17.0 Å². The summed E-state index contributed by atoms with van der Waals surface area (Å²) in [7, 11) is 9.00. The summed E-state index contributed by atoms with van der Waals surface area (Å²) in [6.07, 6.45) is 5.33. The van der Waals surface area contributed by atoms with E-state index in [9.17, 15) is 19.5 Å². The van der Waals surface area contributed by atoms with Gasteiger partial charge in [-0.05, 0) is 131 Å². The molecule has 0 saturated heterocycles. The lowest BCUT2D eigenvalue weighted by Gasteiger charge is -2.59. The molecule has 4 bridgehead atoms. The van der Waals surface area contributed by atoms with Crippen LogP contribution in [-0.2, 0) is 4.79 Å². The molecule has 276 valence electrons. The first-order valence-corrected chi connectivity index (χ1v) is 17.8. The van der Waals surface area contributed by atoms with Crippen molar-refractivity contribution in [3.05, 3.63) is 59.3 Å². The number of carboxylic acids is 1. The van der Waals surface area contributed by atoms with E-state index >= 15 is 0 Å². The third-order valence-electron chi connectivity index (χ3n) is 11.3. The van der Waals surface area contributed by atoms with Crippen molar-refractivity contribution in [3.8, 4) is 28.4 Å². The highest BCUT2D eigenvalue weighted by atomic mass is 35.5. The van der Waals surface area contributed by atoms with Gasteiger partial charge in [0.2, 0.25) is 0 Å². The topological polar surface area (TPSA) is 126 Å². The number of halogens is 1. The maximum atomic E-state index is 14.3. The van der Waals surface area contributed by atoms with Gasteiger partial charge >= 0.3 is 5.97 Å². The maximum Gasteiger partial charge on any atom is 0.330 e. The van der Waals surface area contributed by atoms with Crippen LogP contribution in [0.2, 0.25) is 0 Å². The first-order chi connectivity index (χ1) is 23.9. The summed E-state index contributed by atoms with van der Waals surface area (Å²) >= 11 is 0. The average Bonchev–Trinajstić information content (AvgIpc) is 3.53. The number of nitrogens with one attached hydrogen (secondary N) is 1. The van der Waals surface area contributed by atoms with Crippen LogP contribution in [0.3, 0.4) is 0 Å². The van der Waals surface area contributed by atoms with Gasteiger partial charge < -0.3 is 29.7 Å². The lowest BCUT2D eigenvalue weighted by atomic mass is 9.48. The number of carboxylic acid groups (broad SMARTS) is 1. The Hall–Kier alpha value is -4.09. The second-order valence-electron chi connectivity index (χ2n) is 15.1. The van der Waals surface area contributed by atoms with E-state index in [1.165, 1.54) is 6.42 Å². The van der Waals surface area contributed by atoms with Gasteiger partial charge in [0.15, 0.2) is 5.69 Å². The van der Waals surface area contributed by atoms with Crippen molar-refractivity contribution in [1.29, 1.82) is 0 Å². The van der Waals surface area contributed by atoms with Crippen LogP contribution in [0.1, 0.15) is 84.7 Å². The Kier molecular flexibility index (Phi) is 11.4. The van der Waals surface area contributed by atoms with Crippen LogP contribution in [0, 0.1) is 23.7 Å². The zero-order valence-corrected chi connectivity index (χ0v) is 31.6. The SMILES string of the molecule is COc1cccc(OC)c1-c1cc(C(=O)NC2(C(=O)O)C3CC4CC(C3)CC2C4)nn1-c1ccc(C(=O)N(C)CCCN(C)C)cc1C(C)C.Cl. The highest BCUT2D eigenvalue weighted by molar-refractivity contribution is 5.98. The summed E-state index contributed by atoms with van der Waals surface area (Å²) in [6, 6.07) is 12.7. The minimum atomic E-state index is -1.32. The largest absolute Gasteiger partial charge is 0.496 e. The molecule has 2 N–H and O–H groups in total. The minimum Gasteiger partial charge on any atom is -0.496 e. The molecule has 0 unspecified atom stereocenters. The fourth-order valence-electron chi connectivity index (χ4n) is 9.03. The lowest BCUT2D eigenvalue weighted by molar-refractivity contribution is -0.163. The Bertz CT molecular complexity index is 1720. The molecule has 0 aliphatic heterocycles. The van der Waals surface area contributed by atoms with Gasteiger partial charge in [0, 0.05) is 19.2 Å². The molecule has 1 aromatic heterocycles. The Morgan fingerprint density at radius 3 is 2.08 bits per heavy atom. The number of ether oxygens (including phenoxy) is 2. The molecule has 1 heterocycles. The molecule has 4 fully saturated rings. The summed E-state index contributed by atoms with van der Waals surface area (Å²) in [6.45, 7) is 5.62. The fourth-order valence-corrected chi connectivity index (χ4v) is 9.03. The first kappa shape index (κ1) is 38.1. The molecule has 4 aliphatic rings. The maximum absolute atomic E-state index is 14.3. The van der Waals surface area contributed by atoms with Crippen LogP contribution in [-0.4, -0.2) is 96.5 Å². The van der Waals surface area contributed by atoms with Crippen LogP contribution in [0.4, 0.5) is 0 Å². The third kappa shape index (κ3) is 7.07. The number of aliphatic carboxylic acids is 1. The van der Waals surface area contributed by atoms with Gasteiger partial charge in [-0.25, -0.2) is 9.48 Å². The van der Waals surface area contributed by atoms with E-state index in [2.05, 4.69) is 24.1 Å². The molecular weight excluding hydrogens is 670 g/mol. The van der Waals surface area contributed by atoms with Crippen molar-refractivity contribution >= 4 is 30.2 Å². The van der Waals surface area contributed by atoms with E-state index in [-0.39, 0.29) is 41.8 Å². The van der Waals surface area contributed by atoms with Crippen LogP contribution in [0.25, 0.3) is 16.9 Å². The fraction of sp³-hybridized carbons (Fsp3) is 0.538. The van der Waals surface area contributed by atoms with Crippen molar-refractivity contribution < 1.29 is 29.0 Å². The standard InChI is InChI=1S/C39H51N5O6.ClH/c1-23(2)29-21-26(37(46)43(5)15-9-14-42(3)4)12-13-31(29)44-32(35-33(49-6)10-8-11-34(35)50-7)22-30(41-44)36(45)40-39(38(47)48)27-17-24-16-25(19-27)20-28(39)18-24;/h8,10-13,21-25,27-28H,9,14-20H2,1-7H3,(H,40,45)(H,47,48);1H. The first-order valence-electron chi connectivity index (χ1n) is 17.8. The third-order valence-corrected chi connectivity index (χ3v) is 11.3. The number of nitrogens with zero attached hydrogens (tertiary/aromatic N) is 4. The highest BCUT2D eigenvalue weighted by Crippen LogP contribution is 2.58. The second kappa shape index (κ2) is 15.3. The predicted octanol–water partition coefficient (Wildman–Crippen LogP) is 6.13. The molecular formula is C39H52ClN5O6. The Labute approximate surface area is 307 Å². The van der Waals surface area contributed by atoms with Crippen LogP contribution in [0.5, 0.6) is 11.5 Å². The van der Waals surface area contributed by atoms with Gasteiger partial charge in [-0.2, -0.15) is 5.10 Å². The van der Waals surface area contributed by atoms with Gasteiger partial charge in [-0.3, -0.25) is 9.59 Å². The molecule has 7 rings (SSSR count). The Morgan fingerprint density at radius 2 is 1.55 bits per heavy atom. The van der Waals surface area contributed by atoms with Gasteiger partial charge in [0.05, 0.1) is 31.2 Å². The zero-order chi connectivity index (χ0) is 35.9. The molecule has 2 amide bonds. The molecule has 3 aromatic rings. The summed E-state index contributed by atoms with van der Waals surface area (Å²) in [4.78, 5) is 44.7. The van der Waals surface area contributed by atoms with Crippen molar-refractivity contribution in [3.63, 3.8) is 0 Å². The van der Waals surface area contributed by atoms with E-state index in [4.69, 9.17) is 14.6 Å². The lowest BCUT2D eigenvalue weighted by Crippen LogP contribution is -2.70. The molecule has 11 nitrogen and oxygen atoms in total. The number of amides is 2. The summed E-state index contributed by atoms with van der Waals surface area (Å²) < 4.78 is 13.3. The molecule has 0 atom stereocenters. The van der Waals surface area contributed by atoms with Crippen molar-refractivity contribution in [2.75, 3.05) is 48.5 Å². The van der Waals surface area contributed by atoms with Crippen LogP contribution >= 0.6 is 12.4 Å². The number of carbonyl (C=O) groups excluding carboxylic acids is 2. The Balaban J connectivity index is 0.00000504. The van der Waals surface area contributed by atoms with E-state index in [1.54, 1.807) is 35.9 Å². The summed E-state index contributed by atoms with van der Waals surface area (Å²) in [5, 5.41) is 18.7. The number of hydrogen-bond donors (Lipinski definition) is 2. The van der Waals surface area contributed by atoms with Crippen molar-refractivity contribution in [1.82, 2.24) is 24.9 Å². The van der Waals surface area contributed by atoms with Crippen molar-refractivity contribution in [2.24, 2.45) is 23.7 Å². The summed E-state index contributed by atoms with van der Waals surface area (Å²) in [5.41, 5.74) is 2.04. The molecule has 4 aliphatic carbocycles. The Morgan fingerprint density at radius 1 is 0.941 bits per heavy atom. The predicted molar refractivity (Wildman–Crippen MR) is 198 cm³/mol. The number of hydrogen-bond acceptors (Lipinski definition) is 7. The molecule has 51 heavy (non-hydrogen) atoms. The van der Waals surface area contributed by atoms with Gasteiger partial charge in [0.25, 0.3) is 11.8 Å². The average molecular weight is 722 g/mol.